The van der Waals surface area contributed by atoms with E-state index in [4.69, 9.17) is 21.7 Å². The summed E-state index contributed by atoms with van der Waals surface area (Å²) in [5.41, 5.74) is 3.58. The first-order valence-corrected chi connectivity index (χ1v) is 6.77. The van der Waals surface area contributed by atoms with Crippen molar-refractivity contribution in [2.24, 2.45) is 5.10 Å². The molecule has 0 radical (unpaired) electrons. The topological polar surface area (TPSA) is 54.9 Å². The van der Waals surface area contributed by atoms with Crippen molar-refractivity contribution in [1.82, 2.24) is 10.7 Å². The number of halogens is 1. The molecule has 1 aromatic rings. The van der Waals surface area contributed by atoms with Crippen LogP contribution >= 0.6 is 28.1 Å². The second-order valence-corrected chi connectivity index (χ2v) is 4.83. The Hall–Kier alpha value is -1.18. The number of nitrogens with one attached hydrogen (secondary N) is 2. The lowest BCUT2D eigenvalue weighted by molar-refractivity contribution is 0.204. The molecule has 0 aliphatic carbocycles. The Labute approximate surface area is 126 Å². The predicted octanol–water partition coefficient (Wildman–Crippen LogP) is 1.90. The molecule has 19 heavy (non-hydrogen) atoms. The zero-order chi connectivity index (χ0) is 14.1. The number of hydrazone groups is 1. The molecule has 0 unspecified atom stereocenters. The van der Waals surface area contributed by atoms with Gasteiger partial charge in [-0.05, 0) is 30.4 Å². The lowest BCUT2D eigenvalue weighted by Crippen LogP contribution is -2.34. The Morgan fingerprint density at radius 2 is 2.26 bits per heavy atom. The van der Waals surface area contributed by atoms with E-state index in [0.29, 0.717) is 18.3 Å². The number of nitrogens with zero attached hydrogens (tertiary/aromatic N) is 1. The first-order valence-electron chi connectivity index (χ1n) is 5.56. The summed E-state index contributed by atoms with van der Waals surface area (Å²) in [6, 6.07) is 5.67. The van der Waals surface area contributed by atoms with Crippen molar-refractivity contribution in [2.75, 3.05) is 27.4 Å². The number of thiocarbonyl (C=S) groups is 1. The van der Waals surface area contributed by atoms with Crippen molar-refractivity contribution in [3.8, 4) is 5.75 Å². The second-order valence-electron chi connectivity index (χ2n) is 3.50. The minimum absolute atomic E-state index is 0.447. The number of hydrogen-bond donors (Lipinski definition) is 2. The van der Waals surface area contributed by atoms with Crippen LogP contribution in [0.3, 0.4) is 0 Å². The molecule has 2 N–H and O–H groups in total. The highest BCUT2D eigenvalue weighted by Crippen LogP contribution is 2.21. The molecule has 0 heterocycles. The van der Waals surface area contributed by atoms with Crippen LogP contribution in [0.2, 0.25) is 0 Å². The van der Waals surface area contributed by atoms with Crippen LogP contribution in [0, 0.1) is 0 Å². The highest BCUT2D eigenvalue weighted by Gasteiger charge is 2.00. The van der Waals surface area contributed by atoms with E-state index in [0.717, 1.165) is 15.8 Å². The van der Waals surface area contributed by atoms with Crippen molar-refractivity contribution >= 4 is 39.5 Å². The highest BCUT2D eigenvalue weighted by atomic mass is 79.9. The van der Waals surface area contributed by atoms with E-state index < -0.39 is 0 Å². The summed E-state index contributed by atoms with van der Waals surface area (Å²) in [7, 11) is 3.25. The fraction of sp³-hybridized carbons (Fsp3) is 0.333. The Bertz CT molecular complexity index is 455. The highest BCUT2D eigenvalue weighted by molar-refractivity contribution is 9.10. The van der Waals surface area contributed by atoms with E-state index >= 15 is 0 Å². The predicted molar refractivity (Wildman–Crippen MR) is 83.9 cm³/mol. The maximum atomic E-state index is 5.23. The molecule has 0 saturated heterocycles. The number of benzene rings is 1. The quantitative estimate of drug-likeness (QED) is 0.357. The monoisotopic (exact) mass is 345 g/mol. The number of methoxy groups -OCH3 is 2. The van der Waals surface area contributed by atoms with Gasteiger partial charge in [0.25, 0.3) is 0 Å². The molecular weight excluding hydrogens is 330 g/mol. The largest absolute Gasteiger partial charge is 0.496 e. The first kappa shape index (κ1) is 15.9. The van der Waals surface area contributed by atoms with Crippen LogP contribution in [0.15, 0.2) is 27.8 Å². The Morgan fingerprint density at radius 3 is 2.95 bits per heavy atom. The standard InChI is InChI=1S/C12H16BrN3O2S/c1-17-6-5-14-12(19)16-15-8-9-7-10(13)3-4-11(9)18-2/h3-4,7-8H,5-6H2,1-2H3,(H2,14,16,19)/b15-8-. The van der Waals surface area contributed by atoms with Crippen LogP contribution in [-0.4, -0.2) is 38.7 Å². The lowest BCUT2D eigenvalue weighted by atomic mass is 10.2. The maximum Gasteiger partial charge on any atom is 0.187 e. The minimum atomic E-state index is 0.447. The summed E-state index contributed by atoms with van der Waals surface area (Å²) in [4.78, 5) is 0. The Kier molecular flexibility index (Phi) is 7.39. The van der Waals surface area contributed by atoms with Gasteiger partial charge in [-0.15, -0.1) is 0 Å². The van der Waals surface area contributed by atoms with Gasteiger partial charge in [-0.2, -0.15) is 5.10 Å². The zero-order valence-electron chi connectivity index (χ0n) is 10.8. The molecule has 0 spiro atoms. The summed E-state index contributed by atoms with van der Waals surface area (Å²) in [5, 5.41) is 7.45. The van der Waals surface area contributed by atoms with E-state index in [9.17, 15) is 0 Å². The van der Waals surface area contributed by atoms with Gasteiger partial charge in [0.2, 0.25) is 0 Å². The van der Waals surface area contributed by atoms with Crippen LogP contribution in [0.25, 0.3) is 0 Å². The molecule has 0 saturated carbocycles. The van der Waals surface area contributed by atoms with Gasteiger partial charge >= 0.3 is 0 Å². The summed E-state index contributed by atoms with van der Waals surface area (Å²) < 4.78 is 11.1. The van der Waals surface area contributed by atoms with Gasteiger partial charge in [-0.3, -0.25) is 5.43 Å². The summed E-state index contributed by atoms with van der Waals surface area (Å²) in [6.07, 6.45) is 1.65. The fourth-order valence-corrected chi connectivity index (χ4v) is 1.81. The average Bonchev–Trinajstić information content (AvgIpc) is 2.39. The molecule has 104 valence electrons. The minimum Gasteiger partial charge on any atom is -0.496 e. The van der Waals surface area contributed by atoms with Gasteiger partial charge in [0.05, 0.1) is 19.9 Å². The summed E-state index contributed by atoms with van der Waals surface area (Å²) in [6.45, 7) is 1.23. The number of hydrogen-bond acceptors (Lipinski definition) is 4. The smallest absolute Gasteiger partial charge is 0.187 e. The van der Waals surface area contributed by atoms with E-state index in [1.807, 2.05) is 18.2 Å². The van der Waals surface area contributed by atoms with Crippen LogP contribution < -0.4 is 15.5 Å². The Morgan fingerprint density at radius 1 is 1.47 bits per heavy atom. The molecule has 0 aliphatic heterocycles. The summed E-state index contributed by atoms with van der Waals surface area (Å²) >= 11 is 8.44. The van der Waals surface area contributed by atoms with Crippen molar-refractivity contribution in [3.63, 3.8) is 0 Å². The number of ether oxygens (including phenoxy) is 2. The van der Waals surface area contributed by atoms with E-state index in [2.05, 4.69) is 31.8 Å². The van der Waals surface area contributed by atoms with Crippen LogP contribution in [0.4, 0.5) is 0 Å². The van der Waals surface area contributed by atoms with E-state index in [-0.39, 0.29) is 0 Å². The zero-order valence-corrected chi connectivity index (χ0v) is 13.2. The van der Waals surface area contributed by atoms with Crippen LogP contribution in [0.1, 0.15) is 5.56 Å². The van der Waals surface area contributed by atoms with Crippen molar-refractivity contribution in [3.05, 3.63) is 28.2 Å². The fourth-order valence-electron chi connectivity index (χ4n) is 1.27. The molecule has 1 aromatic carbocycles. The number of rotatable bonds is 6. The Balaban J connectivity index is 2.52. The summed E-state index contributed by atoms with van der Waals surface area (Å²) in [5.74, 6) is 0.743. The van der Waals surface area contributed by atoms with Gasteiger partial charge in [0, 0.05) is 23.7 Å². The van der Waals surface area contributed by atoms with Crippen molar-refractivity contribution in [2.45, 2.75) is 0 Å². The lowest BCUT2D eigenvalue weighted by Gasteiger charge is -2.07. The van der Waals surface area contributed by atoms with Gasteiger partial charge < -0.3 is 14.8 Å². The van der Waals surface area contributed by atoms with Crippen molar-refractivity contribution in [1.29, 1.82) is 0 Å². The van der Waals surface area contributed by atoms with E-state index in [1.54, 1.807) is 20.4 Å². The molecule has 0 aromatic heterocycles. The molecule has 0 atom stereocenters. The van der Waals surface area contributed by atoms with Crippen molar-refractivity contribution < 1.29 is 9.47 Å². The SMILES string of the molecule is COCCNC(=S)N/N=C\c1cc(Br)ccc1OC. The molecule has 0 amide bonds. The maximum absolute atomic E-state index is 5.23. The molecule has 1 rings (SSSR count). The van der Waals surface area contributed by atoms with Gasteiger partial charge in [-0.1, -0.05) is 15.9 Å². The molecule has 0 bridgehead atoms. The average molecular weight is 346 g/mol. The molecule has 5 nitrogen and oxygen atoms in total. The molecule has 7 heteroatoms. The first-order chi connectivity index (χ1) is 9.17. The third-order valence-electron chi connectivity index (χ3n) is 2.15. The third-order valence-corrected chi connectivity index (χ3v) is 2.88. The molecular formula is C12H16BrN3O2S. The molecule has 0 fully saturated rings. The van der Waals surface area contributed by atoms with Gasteiger partial charge in [0.1, 0.15) is 5.75 Å². The molecule has 0 aliphatic rings. The van der Waals surface area contributed by atoms with Crippen LogP contribution in [-0.2, 0) is 4.74 Å². The van der Waals surface area contributed by atoms with Gasteiger partial charge in [-0.25, -0.2) is 0 Å². The second kappa shape index (κ2) is 8.84. The van der Waals surface area contributed by atoms with Crippen LogP contribution in [0.5, 0.6) is 5.75 Å². The third kappa shape index (κ3) is 6.00. The van der Waals surface area contributed by atoms with E-state index in [1.165, 1.54) is 0 Å². The van der Waals surface area contributed by atoms with Gasteiger partial charge in [0.15, 0.2) is 5.11 Å². The normalized spacial score (nSPS) is 10.5.